The Kier molecular flexibility index (Phi) is 3.80. The van der Waals surface area contributed by atoms with Crippen molar-refractivity contribution in [3.63, 3.8) is 0 Å². The molecule has 1 aromatic rings. The van der Waals surface area contributed by atoms with Crippen LogP contribution in [0.3, 0.4) is 0 Å². The van der Waals surface area contributed by atoms with Gasteiger partial charge in [-0.05, 0) is 30.2 Å². The van der Waals surface area contributed by atoms with Crippen LogP contribution in [0.2, 0.25) is 0 Å². The Morgan fingerprint density at radius 2 is 2.26 bits per heavy atom. The summed E-state index contributed by atoms with van der Waals surface area (Å²) in [6.45, 7) is 3.71. The van der Waals surface area contributed by atoms with E-state index in [1.165, 1.54) is 0 Å². The fourth-order valence-electron chi connectivity index (χ4n) is 2.86. The lowest BCUT2D eigenvalue weighted by Gasteiger charge is -2.27. The van der Waals surface area contributed by atoms with Gasteiger partial charge in [-0.25, -0.2) is 0 Å². The number of hydrogen-bond acceptors (Lipinski definition) is 3. The van der Waals surface area contributed by atoms with Crippen LogP contribution in [-0.2, 0) is 4.74 Å². The highest BCUT2D eigenvalue weighted by atomic mass is 32.2. The molecule has 2 atom stereocenters. The van der Waals surface area contributed by atoms with Crippen LogP contribution in [0.15, 0.2) is 24.3 Å². The molecule has 2 unspecified atom stereocenters. The summed E-state index contributed by atoms with van der Waals surface area (Å²) < 4.78 is 5.69. The Labute approximate surface area is 118 Å². The van der Waals surface area contributed by atoms with E-state index in [2.05, 4.69) is 13.0 Å². The Morgan fingerprint density at radius 1 is 1.42 bits per heavy atom. The Balaban J connectivity index is 1.84. The number of carbonyl (C=O) groups excluding carboxylic acids is 1. The number of rotatable bonds is 4. The van der Waals surface area contributed by atoms with Gasteiger partial charge in [-0.1, -0.05) is 25.1 Å². The average molecular weight is 277 g/mol. The van der Waals surface area contributed by atoms with Gasteiger partial charge in [0.15, 0.2) is 0 Å². The highest BCUT2D eigenvalue weighted by Gasteiger charge is 2.38. The summed E-state index contributed by atoms with van der Waals surface area (Å²) in [4.78, 5) is 14.5. The van der Waals surface area contributed by atoms with Gasteiger partial charge in [0.25, 0.3) is 5.91 Å². The molecule has 1 aromatic carbocycles. The first-order valence-corrected chi connectivity index (χ1v) is 7.99. The van der Waals surface area contributed by atoms with Crippen LogP contribution in [0.4, 0.5) is 0 Å². The van der Waals surface area contributed by atoms with Gasteiger partial charge in [0.1, 0.15) is 5.37 Å². The molecule has 0 bridgehead atoms. The summed E-state index contributed by atoms with van der Waals surface area (Å²) in [5, 5.41) is 0.165. The van der Waals surface area contributed by atoms with Crippen molar-refractivity contribution in [1.29, 1.82) is 0 Å². The van der Waals surface area contributed by atoms with Gasteiger partial charge >= 0.3 is 0 Å². The fraction of sp³-hybridized carbons (Fsp3) is 0.533. The number of hydrogen-bond donors (Lipinski definition) is 0. The van der Waals surface area contributed by atoms with Crippen molar-refractivity contribution in [2.24, 2.45) is 0 Å². The second kappa shape index (κ2) is 5.55. The maximum Gasteiger partial charge on any atom is 0.255 e. The first-order chi connectivity index (χ1) is 9.31. The lowest BCUT2D eigenvalue weighted by atomic mass is 10.1. The third kappa shape index (κ3) is 2.39. The highest BCUT2D eigenvalue weighted by Crippen LogP contribution is 2.41. The van der Waals surface area contributed by atoms with Crippen LogP contribution < -0.4 is 0 Å². The van der Waals surface area contributed by atoms with E-state index in [1.54, 1.807) is 0 Å². The predicted molar refractivity (Wildman–Crippen MR) is 77.3 cm³/mol. The zero-order valence-corrected chi connectivity index (χ0v) is 12.0. The van der Waals surface area contributed by atoms with Gasteiger partial charge in [0, 0.05) is 18.7 Å². The smallest absolute Gasteiger partial charge is 0.255 e. The molecule has 19 heavy (non-hydrogen) atoms. The molecule has 0 spiro atoms. The molecule has 2 heterocycles. The summed E-state index contributed by atoms with van der Waals surface area (Å²) in [5.74, 6) is 1.17. The molecule has 0 saturated carbocycles. The van der Waals surface area contributed by atoms with Crippen molar-refractivity contribution < 1.29 is 9.53 Å². The lowest BCUT2D eigenvalue weighted by molar-refractivity contribution is 0.0537. The second-order valence-electron chi connectivity index (χ2n) is 4.99. The maximum absolute atomic E-state index is 12.5. The topological polar surface area (TPSA) is 29.5 Å². The summed E-state index contributed by atoms with van der Waals surface area (Å²) in [6.07, 6.45) is 2.41. The van der Waals surface area contributed by atoms with Gasteiger partial charge in [-0.3, -0.25) is 4.79 Å². The van der Waals surface area contributed by atoms with E-state index >= 15 is 0 Å². The van der Waals surface area contributed by atoms with E-state index in [9.17, 15) is 4.79 Å². The van der Waals surface area contributed by atoms with E-state index in [0.29, 0.717) is 0 Å². The van der Waals surface area contributed by atoms with Crippen molar-refractivity contribution in [2.75, 3.05) is 18.9 Å². The highest BCUT2D eigenvalue weighted by molar-refractivity contribution is 7.99. The summed E-state index contributed by atoms with van der Waals surface area (Å²) in [7, 11) is 0. The van der Waals surface area contributed by atoms with Crippen molar-refractivity contribution in [2.45, 2.75) is 31.2 Å². The monoisotopic (exact) mass is 277 g/mol. The van der Waals surface area contributed by atoms with Crippen LogP contribution in [-0.4, -0.2) is 35.8 Å². The van der Waals surface area contributed by atoms with Crippen LogP contribution >= 0.6 is 11.8 Å². The zero-order valence-electron chi connectivity index (χ0n) is 11.2. The first-order valence-electron chi connectivity index (χ1n) is 6.94. The van der Waals surface area contributed by atoms with Crippen LogP contribution in [0.25, 0.3) is 0 Å². The summed E-state index contributed by atoms with van der Waals surface area (Å²) >= 11 is 1.83. The number of ether oxygens (including phenoxy) is 1. The van der Waals surface area contributed by atoms with Crippen LogP contribution in [0.5, 0.6) is 0 Å². The van der Waals surface area contributed by atoms with Gasteiger partial charge in [0.05, 0.1) is 6.10 Å². The molecule has 0 aromatic heterocycles. The number of nitrogens with zero attached hydrogens (tertiary/aromatic N) is 1. The second-order valence-corrected chi connectivity index (χ2v) is 6.34. The number of amides is 1. The van der Waals surface area contributed by atoms with Crippen molar-refractivity contribution in [3.8, 4) is 0 Å². The molecule has 4 heteroatoms. The zero-order chi connectivity index (χ0) is 13.2. The molecule has 1 saturated heterocycles. The quantitative estimate of drug-likeness (QED) is 0.847. The number of carbonyl (C=O) groups is 1. The third-order valence-corrected chi connectivity index (χ3v) is 4.91. The van der Waals surface area contributed by atoms with Crippen molar-refractivity contribution >= 4 is 17.7 Å². The third-order valence-electron chi connectivity index (χ3n) is 3.75. The number of thioether (sulfide) groups is 1. The Bertz CT molecular complexity index is 471. The van der Waals surface area contributed by atoms with Gasteiger partial charge in [0.2, 0.25) is 0 Å². The molecular weight excluding hydrogens is 258 g/mol. The van der Waals surface area contributed by atoms with E-state index in [4.69, 9.17) is 4.74 Å². The van der Waals surface area contributed by atoms with Crippen molar-refractivity contribution in [1.82, 2.24) is 4.90 Å². The minimum atomic E-state index is 0.164. The molecule has 3 rings (SSSR count). The van der Waals surface area contributed by atoms with E-state index < -0.39 is 0 Å². The van der Waals surface area contributed by atoms with Crippen molar-refractivity contribution in [3.05, 3.63) is 35.4 Å². The van der Waals surface area contributed by atoms with E-state index in [-0.39, 0.29) is 17.4 Å². The van der Waals surface area contributed by atoms with Gasteiger partial charge in [-0.2, -0.15) is 0 Å². The number of benzene rings is 1. The molecule has 0 radical (unpaired) electrons. The molecule has 2 aliphatic heterocycles. The molecule has 1 amide bonds. The van der Waals surface area contributed by atoms with E-state index in [1.807, 2.05) is 34.9 Å². The summed E-state index contributed by atoms with van der Waals surface area (Å²) in [5.41, 5.74) is 2.03. The number of fused-ring (bicyclic) bond motifs is 1. The van der Waals surface area contributed by atoms with E-state index in [0.717, 1.165) is 42.9 Å². The minimum Gasteiger partial charge on any atom is -0.376 e. The Morgan fingerprint density at radius 3 is 3.00 bits per heavy atom. The van der Waals surface area contributed by atoms with Crippen LogP contribution in [0, 0.1) is 0 Å². The molecule has 0 N–H and O–H groups in total. The standard InChI is InChI=1S/C15H19NO2S/c1-2-19-15-13-8-4-3-7-12(13)14(17)16(15)10-11-6-5-9-18-11/h3-4,7-8,11,15H,2,5-6,9-10H2,1H3. The van der Waals surface area contributed by atoms with Gasteiger partial charge in [-0.15, -0.1) is 11.8 Å². The fourth-order valence-corrected chi connectivity index (χ4v) is 3.92. The molecule has 1 fully saturated rings. The minimum absolute atomic E-state index is 0.164. The predicted octanol–water partition coefficient (Wildman–Crippen LogP) is 3.07. The van der Waals surface area contributed by atoms with Gasteiger partial charge < -0.3 is 9.64 Å². The molecule has 2 aliphatic rings. The molecule has 102 valence electrons. The molecule has 0 aliphatic carbocycles. The normalized spacial score (nSPS) is 25.9. The molecular formula is C15H19NO2S. The average Bonchev–Trinajstić information content (AvgIpc) is 3.02. The van der Waals surface area contributed by atoms with Crippen LogP contribution in [0.1, 0.15) is 41.1 Å². The molecule has 3 nitrogen and oxygen atoms in total. The summed E-state index contributed by atoms with van der Waals surface area (Å²) in [6, 6.07) is 7.98. The maximum atomic E-state index is 12.5. The lowest BCUT2D eigenvalue weighted by Crippen LogP contribution is -2.34. The SMILES string of the molecule is CCSC1c2ccccc2C(=O)N1CC1CCCO1. The largest absolute Gasteiger partial charge is 0.376 e. The first kappa shape index (κ1) is 13.0. The Hall–Kier alpha value is -1.00.